The fraction of sp³-hybridized carbons (Fsp3) is 0.111. The van der Waals surface area contributed by atoms with Crippen LogP contribution in [0.15, 0.2) is 121 Å². The second-order valence-electron chi connectivity index (χ2n) is 6.58. The van der Waals surface area contributed by atoms with E-state index in [1.54, 1.807) is 0 Å². The molecule has 0 aliphatic carbocycles. The number of aryl methyl sites for hydroxylation is 1. The molecule has 0 aliphatic rings. The summed E-state index contributed by atoms with van der Waals surface area (Å²) >= 11 is 0. The minimum atomic E-state index is -0.446. The summed E-state index contributed by atoms with van der Waals surface area (Å²) in [7, 11) is -0.446. The van der Waals surface area contributed by atoms with Gasteiger partial charge in [-0.3, -0.25) is 0 Å². The van der Waals surface area contributed by atoms with Crippen molar-refractivity contribution in [1.29, 1.82) is 0 Å². The van der Waals surface area contributed by atoms with E-state index in [9.17, 15) is 0 Å². The zero-order chi connectivity index (χ0) is 19.4. The van der Waals surface area contributed by atoms with E-state index >= 15 is 0 Å². The van der Waals surface area contributed by atoms with E-state index in [0.717, 1.165) is 0 Å². The Hall–Kier alpha value is -2.21. The fourth-order valence-electron chi connectivity index (χ4n) is 3.11. The molecule has 0 atom stereocenters. The Morgan fingerprint density at radius 2 is 0.793 bits per heavy atom. The largest absolute Gasteiger partial charge is 0.114 e. The van der Waals surface area contributed by atoms with Crippen LogP contribution in [0.3, 0.4) is 0 Å². The molecule has 0 amide bonds. The highest BCUT2D eigenvalue weighted by molar-refractivity contribution is 8.93. The van der Waals surface area contributed by atoms with Crippen LogP contribution >= 0.6 is 24.9 Å². The maximum atomic E-state index is 2.23. The van der Waals surface area contributed by atoms with Crippen LogP contribution in [0.5, 0.6) is 0 Å². The number of hydrogen-bond donors (Lipinski definition) is 0. The Balaban J connectivity index is 0.000000255. The second-order valence-corrected chi connectivity index (χ2v) is 8.80. The van der Waals surface area contributed by atoms with E-state index in [1.807, 2.05) is 0 Å². The van der Waals surface area contributed by atoms with Crippen molar-refractivity contribution < 1.29 is 0 Å². The minimum Gasteiger partial charge on any atom is -0.114 e. The summed E-state index contributed by atoms with van der Waals surface area (Å²) in [6.07, 6.45) is 2.45. The molecular formula is C27H28BrP. The lowest BCUT2D eigenvalue weighted by atomic mass is 10.1. The van der Waals surface area contributed by atoms with Gasteiger partial charge in [0.05, 0.1) is 0 Å². The first-order valence-electron chi connectivity index (χ1n) is 9.87. The molecule has 29 heavy (non-hydrogen) atoms. The zero-order valence-corrected chi connectivity index (χ0v) is 19.4. The van der Waals surface area contributed by atoms with E-state index < -0.39 is 7.92 Å². The van der Waals surface area contributed by atoms with E-state index in [4.69, 9.17) is 0 Å². The molecule has 0 nitrogen and oxygen atoms in total. The third-order valence-electron chi connectivity index (χ3n) is 4.42. The molecule has 0 heterocycles. The van der Waals surface area contributed by atoms with Crippen LogP contribution in [0.25, 0.3) is 0 Å². The Bertz CT molecular complexity index is 816. The number of benzene rings is 4. The summed E-state index contributed by atoms with van der Waals surface area (Å²) in [5.41, 5.74) is 1.44. The van der Waals surface area contributed by atoms with Gasteiger partial charge >= 0.3 is 0 Å². The van der Waals surface area contributed by atoms with E-state index in [2.05, 4.69) is 128 Å². The highest BCUT2D eigenvalue weighted by Crippen LogP contribution is 2.32. The van der Waals surface area contributed by atoms with Crippen molar-refractivity contribution in [3.05, 3.63) is 127 Å². The van der Waals surface area contributed by atoms with Crippen molar-refractivity contribution in [3.63, 3.8) is 0 Å². The monoisotopic (exact) mass is 462 g/mol. The lowest BCUT2D eigenvalue weighted by Gasteiger charge is -2.18. The van der Waals surface area contributed by atoms with Crippen molar-refractivity contribution in [1.82, 2.24) is 0 Å². The lowest BCUT2D eigenvalue weighted by Crippen LogP contribution is -2.20. The van der Waals surface area contributed by atoms with Gasteiger partial charge in [-0.05, 0) is 35.8 Å². The Labute approximate surface area is 187 Å². The maximum Gasteiger partial charge on any atom is -0.0134 e. The molecule has 0 aliphatic heterocycles. The maximum absolute atomic E-state index is 2.23. The Kier molecular flexibility index (Phi) is 10.4. The molecule has 0 saturated heterocycles. The minimum absolute atomic E-state index is 0. The average molecular weight is 463 g/mol. The van der Waals surface area contributed by atoms with Gasteiger partial charge in [0.15, 0.2) is 0 Å². The standard InChI is InChI=1S/C18H15P.C9H12.BrH/c1-4-10-16(11-5-1)19(17-12-6-2-7-13-17)18-14-8-3-9-15-18;1-2-6-9-7-4-3-5-8-9;/h1-15H;3-5,7-8H,2,6H2,1H3;1H. The van der Waals surface area contributed by atoms with Crippen LogP contribution in [0.4, 0.5) is 0 Å². The topological polar surface area (TPSA) is 0 Å². The zero-order valence-electron chi connectivity index (χ0n) is 16.8. The first-order valence-corrected chi connectivity index (χ1v) is 11.2. The molecule has 4 rings (SSSR count). The summed E-state index contributed by atoms with van der Waals surface area (Å²) in [6, 6.07) is 42.9. The summed E-state index contributed by atoms with van der Waals surface area (Å²) in [6.45, 7) is 2.20. The third-order valence-corrected chi connectivity index (χ3v) is 6.87. The number of halogens is 1. The molecule has 0 aromatic heterocycles. The number of rotatable bonds is 5. The van der Waals surface area contributed by atoms with Crippen LogP contribution in [-0.4, -0.2) is 0 Å². The van der Waals surface area contributed by atoms with Gasteiger partial charge in [-0.15, -0.1) is 17.0 Å². The molecule has 0 saturated carbocycles. The number of hydrogen-bond acceptors (Lipinski definition) is 0. The van der Waals surface area contributed by atoms with Crippen molar-refractivity contribution in [2.75, 3.05) is 0 Å². The van der Waals surface area contributed by atoms with Crippen LogP contribution in [0, 0.1) is 0 Å². The molecular weight excluding hydrogens is 435 g/mol. The van der Waals surface area contributed by atoms with Gasteiger partial charge in [0.2, 0.25) is 0 Å². The molecule has 0 unspecified atom stereocenters. The van der Waals surface area contributed by atoms with Gasteiger partial charge < -0.3 is 0 Å². The van der Waals surface area contributed by atoms with Crippen LogP contribution in [0.1, 0.15) is 18.9 Å². The highest BCUT2D eigenvalue weighted by atomic mass is 79.9. The van der Waals surface area contributed by atoms with Gasteiger partial charge in [0, 0.05) is 0 Å². The Morgan fingerprint density at radius 3 is 1.10 bits per heavy atom. The average Bonchev–Trinajstić information content (AvgIpc) is 2.78. The molecule has 0 N–H and O–H groups in total. The normalized spacial score (nSPS) is 9.86. The van der Waals surface area contributed by atoms with Crippen LogP contribution < -0.4 is 15.9 Å². The van der Waals surface area contributed by atoms with Crippen molar-refractivity contribution in [3.8, 4) is 0 Å². The lowest BCUT2D eigenvalue weighted by molar-refractivity contribution is 0.922. The van der Waals surface area contributed by atoms with Gasteiger partial charge in [-0.25, -0.2) is 0 Å². The first-order chi connectivity index (χ1) is 13.9. The molecule has 0 spiro atoms. The van der Waals surface area contributed by atoms with Crippen molar-refractivity contribution in [2.45, 2.75) is 19.8 Å². The highest BCUT2D eigenvalue weighted by Gasteiger charge is 2.14. The predicted octanol–water partition coefficient (Wildman–Crippen LogP) is 6.66. The molecule has 2 heteroatoms. The van der Waals surface area contributed by atoms with Gasteiger partial charge in [-0.1, -0.05) is 135 Å². The Morgan fingerprint density at radius 1 is 0.483 bits per heavy atom. The third kappa shape index (κ3) is 7.28. The van der Waals surface area contributed by atoms with Crippen molar-refractivity contribution >= 4 is 40.8 Å². The second kappa shape index (κ2) is 13.1. The summed E-state index contributed by atoms with van der Waals surface area (Å²) in [4.78, 5) is 0. The molecule has 0 fully saturated rings. The van der Waals surface area contributed by atoms with Crippen molar-refractivity contribution in [2.24, 2.45) is 0 Å². The molecule has 0 bridgehead atoms. The van der Waals surface area contributed by atoms with Crippen LogP contribution in [-0.2, 0) is 6.42 Å². The van der Waals surface area contributed by atoms with Gasteiger partial charge in [0.25, 0.3) is 0 Å². The van der Waals surface area contributed by atoms with Gasteiger partial charge in [-0.2, -0.15) is 0 Å². The fourth-order valence-corrected chi connectivity index (χ4v) is 5.42. The van der Waals surface area contributed by atoms with Crippen LogP contribution in [0.2, 0.25) is 0 Å². The van der Waals surface area contributed by atoms with Gasteiger partial charge in [0.1, 0.15) is 0 Å². The summed E-state index contributed by atoms with van der Waals surface area (Å²) in [5.74, 6) is 0. The summed E-state index contributed by atoms with van der Waals surface area (Å²) < 4.78 is 0. The molecule has 4 aromatic carbocycles. The predicted molar refractivity (Wildman–Crippen MR) is 136 cm³/mol. The smallest absolute Gasteiger partial charge is 0.0134 e. The summed E-state index contributed by atoms with van der Waals surface area (Å²) in [5, 5.41) is 4.19. The molecule has 0 radical (unpaired) electrons. The van der Waals surface area contributed by atoms with E-state index in [-0.39, 0.29) is 17.0 Å². The van der Waals surface area contributed by atoms with E-state index in [1.165, 1.54) is 34.3 Å². The SMILES string of the molecule is Br.CCCc1ccccc1.c1ccc(P(c2ccccc2)c2ccccc2)cc1. The molecule has 148 valence electrons. The van der Waals surface area contributed by atoms with E-state index in [0.29, 0.717) is 0 Å². The quantitative estimate of drug-likeness (QED) is 0.290. The molecule has 4 aromatic rings. The first kappa shape index (κ1) is 23.1.